The van der Waals surface area contributed by atoms with Crippen LogP contribution in [-0.2, 0) is 4.79 Å². The second-order valence-electron chi connectivity index (χ2n) is 6.56. The first-order valence-corrected chi connectivity index (χ1v) is 8.26. The Labute approximate surface area is 135 Å². The van der Waals surface area contributed by atoms with E-state index in [2.05, 4.69) is 15.8 Å². The Hall–Kier alpha value is -2.05. The lowest BCUT2D eigenvalue weighted by Gasteiger charge is -2.44. The van der Waals surface area contributed by atoms with Gasteiger partial charge in [0.05, 0.1) is 17.8 Å². The van der Waals surface area contributed by atoms with Crippen LogP contribution in [0.2, 0.25) is 0 Å². The summed E-state index contributed by atoms with van der Waals surface area (Å²) in [6.45, 7) is 5.73. The topological polar surface area (TPSA) is 87.5 Å². The fourth-order valence-electron chi connectivity index (χ4n) is 3.85. The normalized spacial score (nSPS) is 25.5. The lowest BCUT2D eigenvalue weighted by atomic mass is 9.87. The molecule has 2 aliphatic rings. The molecule has 126 valence electrons. The molecule has 0 aromatic carbocycles. The minimum atomic E-state index is -0.208. The number of hydrogen-bond donors (Lipinski definition) is 2. The molecule has 2 heterocycles. The summed E-state index contributed by atoms with van der Waals surface area (Å²) in [5.74, 6) is 0.635. The van der Waals surface area contributed by atoms with E-state index in [-0.39, 0.29) is 36.6 Å². The Bertz CT molecular complexity index is 593. The molecule has 0 spiro atoms. The molecule has 3 amide bonds. The molecule has 1 aliphatic carbocycles. The Morgan fingerprint density at radius 1 is 1.39 bits per heavy atom. The molecule has 1 saturated heterocycles. The number of hydrogen-bond acceptors (Lipinski definition) is 4. The quantitative estimate of drug-likeness (QED) is 0.870. The summed E-state index contributed by atoms with van der Waals surface area (Å²) in [6, 6.07) is -0.214. The smallest absolute Gasteiger partial charge is 0.318 e. The molecule has 1 aromatic heterocycles. The highest BCUT2D eigenvalue weighted by Crippen LogP contribution is 2.27. The van der Waals surface area contributed by atoms with Gasteiger partial charge < -0.3 is 20.1 Å². The maximum Gasteiger partial charge on any atom is 0.318 e. The van der Waals surface area contributed by atoms with Crippen molar-refractivity contribution < 1.29 is 14.1 Å². The number of piperazine rings is 1. The van der Waals surface area contributed by atoms with Gasteiger partial charge in [0.15, 0.2) is 0 Å². The zero-order valence-corrected chi connectivity index (χ0v) is 13.9. The number of aromatic nitrogens is 1. The van der Waals surface area contributed by atoms with Crippen LogP contribution < -0.4 is 10.6 Å². The van der Waals surface area contributed by atoms with Gasteiger partial charge >= 0.3 is 6.03 Å². The molecule has 1 aliphatic heterocycles. The number of carbonyl (C=O) groups is 2. The highest BCUT2D eigenvalue weighted by atomic mass is 16.5. The summed E-state index contributed by atoms with van der Waals surface area (Å²) in [4.78, 5) is 26.3. The van der Waals surface area contributed by atoms with Crippen LogP contribution in [0.25, 0.3) is 0 Å². The van der Waals surface area contributed by atoms with Crippen LogP contribution in [0.5, 0.6) is 0 Å². The van der Waals surface area contributed by atoms with Crippen molar-refractivity contribution in [3.05, 3.63) is 17.0 Å². The molecule has 2 fully saturated rings. The van der Waals surface area contributed by atoms with Crippen molar-refractivity contribution in [3.8, 4) is 0 Å². The Kier molecular flexibility index (Phi) is 4.28. The summed E-state index contributed by atoms with van der Waals surface area (Å²) in [7, 11) is 0. The van der Waals surface area contributed by atoms with E-state index in [0.29, 0.717) is 5.76 Å². The highest BCUT2D eigenvalue weighted by molar-refractivity contribution is 5.86. The number of urea groups is 1. The van der Waals surface area contributed by atoms with Gasteiger partial charge in [0, 0.05) is 11.6 Å². The van der Waals surface area contributed by atoms with E-state index in [4.69, 9.17) is 4.52 Å². The van der Waals surface area contributed by atoms with Gasteiger partial charge in [-0.05, 0) is 33.6 Å². The van der Waals surface area contributed by atoms with Gasteiger partial charge in [-0.2, -0.15) is 0 Å². The van der Waals surface area contributed by atoms with Crippen LogP contribution >= 0.6 is 0 Å². The number of amides is 3. The molecule has 7 nitrogen and oxygen atoms in total. The summed E-state index contributed by atoms with van der Waals surface area (Å²) in [5.41, 5.74) is 1.68. The van der Waals surface area contributed by atoms with Crippen LogP contribution in [0.4, 0.5) is 4.79 Å². The summed E-state index contributed by atoms with van der Waals surface area (Å²) in [5, 5.41) is 9.94. The van der Waals surface area contributed by atoms with Crippen LogP contribution in [-0.4, -0.2) is 40.6 Å². The van der Waals surface area contributed by atoms with E-state index in [9.17, 15) is 9.59 Å². The highest BCUT2D eigenvalue weighted by Gasteiger charge is 2.39. The molecule has 1 saturated carbocycles. The Morgan fingerprint density at radius 2 is 2.13 bits per heavy atom. The minimum Gasteiger partial charge on any atom is -0.361 e. The second-order valence-corrected chi connectivity index (χ2v) is 6.56. The standard InChI is InChI=1S/C16H24N4O3/c1-9(15-10(2)19-23-11(15)3)17-16(22)20-8-14(21)18-12-6-4-5-7-13(12)20/h9,12-13H,4-8H2,1-3H3,(H,17,22)(H,18,21). The van der Waals surface area contributed by atoms with Gasteiger partial charge in [-0.25, -0.2) is 4.79 Å². The van der Waals surface area contributed by atoms with Gasteiger partial charge in [0.1, 0.15) is 12.3 Å². The number of nitrogens with zero attached hydrogens (tertiary/aromatic N) is 2. The molecular formula is C16H24N4O3. The zero-order chi connectivity index (χ0) is 16.6. The number of carbonyl (C=O) groups excluding carboxylic acids is 2. The van der Waals surface area contributed by atoms with Gasteiger partial charge in [-0.3, -0.25) is 4.79 Å². The van der Waals surface area contributed by atoms with Gasteiger partial charge in [0.2, 0.25) is 5.91 Å². The van der Waals surface area contributed by atoms with E-state index >= 15 is 0 Å². The maximum atomic E-state index is 12.7. The lowest BCUT2D eigenvalue weighted by Crippen LogP contribution is -2.64. The van der Waals surface area contributed by atoms with Crippen molar-refractivity contribution in [2.24, 2.45) is 0 Å². The molecule has 2 N–H and O–H groups in total. The third-order valence-electron chi connectivity index (χ3n) is 4.91. The number of nitrogens with one attached hydrogen (secondary N) is 2. The predicted octanol–water partition coefficient (Wildman–Crippen LogP) is 1.81. The van der Waals surface area contributed by atoms with Crippen LogP contribution in [0.1, 0.15) is 55.7 Å². The molecule has 3 atom stereocenters. The third-order valence-corrected chi connectivity index (χ3v) is 4.91. The third kappa shape index (κ3) is 3.04. The average molecular weight is 320 g/mol. The van der Waals surface area contributed by atoms with Crippen molar-refractivity contribution in [2.45, 2.75) is 64.6 Å². The predicted molar refractivity (Wildman–Crippen MR) is 83.8 cm³/mol. The maximum absolute atomic E-state index is 12.7. The molecule has 7 heteroatoms. The van der Waals surface area contributed by atoms with E-state index in [1.54, 1.807) is 4.90 Å². The van der Waals surface area contributed by atoms with E-state index in [1.165, 1.54) is 0 Å². The molecule has 0 radical (unpaired) electrons. The zero-order valence-electron chi connectivity index (χ0n) is 13.9. The molecule has 1 aromatic rings. The van der Waals surface area contributed by atoms with E-state index < -0.39 is 0 Å². The number of rotatable bonds is 2. The van der Waals surface area contributed by atoms with Crippen molar-refractivity contribution in [1.29, 1.82) is 0 Å². The largest absolute Gasteiger partial charge is 0.361 e. The van der Waals surface area contributed by atoms with E-state index in [1.807, 2.05) is 20.8 Å². The number of aryl methyl sites for hydroxylation is 2. The second kappa shape index (κ2) is 6.22. The average Bonchev–Trinajstić information content (AvgIpc) is 2.85. The molecule has 3 unspecified atom stereocenters. The number of fused-ring (bicyclic) bond motifs is 1. The summed E-state index contributed by atoms with van der Waals surface area (Å²) >= 11 is 0. The van der Waals surface area contributed by atoms with Crippen molar-refractivity contribution in [1.82, 2.24) is 20.7 Å². The summed E-state index contributed by atoms with van der Waals surface area (Å²) < 4.78 is 5.17. The molecule has 23 heavy (non-hydrogen) atoms. The first-order valence-electron chi connectivity index (χ1n) is 8.26. The molecule has 0 bridgehead atoms. The van der Waals surface area contributed by atoms with Crippen molar-refractivity contribution in [3.63, 3.8) is 0 Å². The first-order chi connectivity index (χ1) is 11.0. The van der Waals surface area contributed by atoms with Crippen LogP contribution in [0, 0.1) is 13.8 Å². The van der Waals surface area contributed by atoms with E-state index in [0.717, 1.165) is 36.9 Å². The van der Waals surface area contributed by atoms with Crippen molar-refractivity contribution >= 4 is 11.9 Å². The lowest BCUT2D eigenvalue weighted by molar-refractivity contribution is -0.126. The summed E-state index contributed by atoms with van der Waals surface area (Å²) in [6.07, 6.45) is 4.09. The van der Waals surface area contributed by atoms with Crippen LogP contribution in [0.15, 0.2) is 4.52 Å². The van der Waals surface area contributed by atoms with Gasteiger partial charge in [-0.15, -0.1) is 0 Å². The van der Waals surface area contributed by atoms with Crippen LogP contribution in [0.3, 0.4) is 0 Å². The Morgan fingerprint density at radius 3 is 2.83 bits per heavy atom. The van der Waals surface area contributed by atoms with Gasteiger partial charge in [-0.1, -0.05) is 18.0 Å². The Balaban J connectivity index is 1.72. The first kappa shape index (κ1) is 15.8. The fraction of sp³-hybridized carbons (Fsp3) is 0.688. The van der Waals surface area contributed by atoms with Gasteiger partial charge in [0.25, 0.3) is 0 Å². The van der Waals surface area contributed by atoms with Crippen molar-refractivity contribution in [2.75, 3.05) is 6.54 Å². The fourth-order valence-corrected chi connectivity index (χ4v) is 3.85. The minimum absolute atomic E-state index is 0.0757. The monoisotopic (exact) mass is 320 g/mol. The SMILES string of the molecule is Cc1noc(C)c1C(C)NC(=O)N1CC(=O)NC2CCCCC21. The molecule has 3 rings (SSSR count). The molecular weight excluding hydrogens is 296 g/mol.